The minimum absolute atomic E-state index is 0.0127. The Morgan fingerprint density at radius 2 is 2.00 bits per heavy atom. The lowest BCUT2D eigenvalue weighted by molar-refractivity contribution is -0.124. The number of anilines is 2. The standard InChI is InChI=1S/C24H20ClN5O2/c1-15-8-9-17(11-18(15)25)27-22(31)12-21-23(32)29(14-16-5-4-10-26-13-16)24-28-19-6-2-3-7-20(19)30(21)24/h2-11,13,21H,12,14H2,1H3,(H,27,31)/t21-/m1/s1. The summed E-state index contributed by atoms with van der Waals surface area (Å²) in [5, 5.41) is 3.43. The molecule has 0 spiro atoms. The lowest BCUT2D eigenvalue weighted by atomic mass is 10.1. The number of rotatable bonds is 5. The van der Waals surface area contributed by atoms with E-state index in [1.165, 1.54) is 0 Å². The fourth-order valence-electron chi connectivity index (χ4n) is 3.98. The maximum absolute atomic E-state index is 13.4. The molecule has 3 heterocycles. The highest BCUT2D eigenvalue weighted by Gasteiger charge is 2.40. The van der Waals surface area contributed by atoms with Crippen molar-refractivity contribution in [3.05, 3.63) is 83.1 Å². The van der Waals surface area contributed by atoms with Gasteiger partial charge in [0.15, 0.2) is 0 Å². The molecular weight excluding hydrogens is 426 g/mol. The topological polar surface area (TPSA) is 80.1 Å². The fraction of sp³-hybridized carbons (Fsp3) is 0.167. The zero-order chi connectivity index (χ0) is 22.2. The van der Waals surface area contributed by atoms with Gasteiger partial charge in [0.25, 0.3) is 5.91 Å². The summed E-state index contributed by atoms with van der Waals surface area (Å²) >= 11 is 6.17. The molecule has 0 fully saturated rings. The van der Waals surface area contributed by atoms with Crippen molar-refractivity contribution in [2.45, 2.75) is 25.9 Å². The number of carbonyl (C=O) groups is 2. The van der Waals surface area contributed by atoms with Crippen LogP contribution in [-0.2, 0) is 16.1 Å². The molecule has 0 bridgehead atoms. The van der Waals surface area contributed by atoms with Crippen LogP contribution in [0.5, 0.6) is 0 Å². The molecule has 0 radical (unpaired) electrons. The third kappa shape index (κ3) is 3.61. The first-order valence-electron chi connectivity index (χ1n) is 10.2. The van der Waals surface area contributed by atoms with Crippen molar-refractivity contribution in [1.29, 1.82) is 0 Å². The molecule has 1 atom stereocenters. The van der Waals surface area contributed by atoms with Gasteiger partial charge in [0.05, 0.1) is 24.0 Å². The molecule has 32 heavy (non-hydrogen) atoms. The molecule has 1 aliphatic heterocycles. The molecule has 0 saturated heterocycles. The van der Waals surface area contributed by atoms with E-state index in [4.69, 9.17) is 11.6 Å². The van der Waals surface area contributed by atoms with Crippen LogP contribution in [0.2, 0.25) is 5.02 Å². The number of para-hydroxylation sites is 2. The quantitative estimate of drug-likeness (QED) is 0.490. The summed E-state index contributed by atoms with van der Waals surface area (Å²) < 4.78 is 1.86. The van der Waals surface area contributed by atoms with E-state index in [-0.39, 0.29) is 18.2 Å². The Labute approximate surface area is 189 Å². The average molecular weight is 446 g/mol. The van der Waals surface area contributed by atoms with Crippen LogP contribution in [0.15, 0.2) is 67.0 Å². The number of aromatic nitrogens is 3. The van der Waals surface area contributed by atoms with Crippen molar-refractivity contribution in [2.75, 3.05) is 10.2 Å². The number of halogens is 1. The van der Waals surface area contributed by atoms with Gasteiger partial charge in [-0.05, 0) is 48.4 Å². The molecule has 1 aliphatic rings. The number of nitrogens with zero attached hydrogens (tertiary/aromatic N) is 4. The first kappa shape index (κ1) is 20.2. The lowest BCUT2D eigenvalue weighted by Gasteiger charge is -2.16. The number of benzene rings is 2. The Hall–Kier alpha value is -3.71. The van der Waals surface area contributed by atoms with E-state index in [2.05, 4.69) is 15.3 Å². The highest BCUT2D eigenvalue weighted by molar-refractivity contribution is 6.31. The normalized spacial score (nSPS) is 15.2. The molecule has 2 aromatic carbocycles. The Balaban J connectivity index is 1.46. The van der Waals surface area contributed by atoms with E-state index in [0.29, 0.717) is 23.2 Å². The lowest BCUT2D eigenvalue weighted by Crippen LogP contribution is -2.31. The second kappa shape index (κ2) is 8.09. The Bertz CT molecular complexity index is 1330. The SMILES string of the molecule is Cc1ccc(NC(=O)C[C@@H]2C(=O)N(Cc3cccnc3)c3nc4ccccc4n32)cc1Cl. The molecular formula is C24H20ClN5O2. The second-order valence-electron chi connectivity index (χ2n) is 7.79. The number of aryl methyl sites for hydroxylation is 1. The van der Waals surface area contributed by atoms with Crippen LogP contribution in [0, 0.1) is 6.92 Å². The summed E-state index contributed by atoms with van der Waals surface area (Å²) in [7, 11) is 0. The van der Waals surface area contributed by atoms with Gasteiger partial charge in [-0.3, -0.25) is 24.0 Å². The Morgan fingerprint density at radius 3 is 2.78 bits per heavy atom. The van der Waals surface area contributed by atoms with Crippen LogP contribution < -0.4 is 10.2 Å². The molecule has 5 rings (SSSR count). The van der Waals surface area contributed by atoms with Crippen molar-refractivity contribution in [3.8, 4) is 0 Å². The van der Waals surface area contributed by atoms with E-state index in [9.17, 15) is 9.59 Å². The van der Waals surface area contributed by atoms with Crippen LogP contribution in [-0.4, -0.2) is 26.3 Å². The maximum atomic E-state index is 13.4. The zero-order valence-corrected chi connectivity index (χ0v) is 18.1. The van der Waals surface area contributed by atoms with E-state index in [0.717, 1.165) is 22.2 Å². The summed E-state index contributed by atoms with van der Waals surface area (Å²) in [6.45, 7) is 2.23. The number of hydrogen-bond donors (Lipinski definition) is 1. The van der Waals surface area contributed by atoms with Gasteiger partial charge in [0.1, 0.15) is 6.04 Å². The van der Waals surface area contributed by atoms with Gasteiger partial charge >= 0.3 is 0 Å². The van der Waals surface area contributed by atoms with Gasteiger partial charge in [-0.15, -0.1) is 0 Å². The van der Waals surface area contributed by atoms with Gasteiger partial charge in [-0.25, -0.2) is 4.98 Å². The van der Waals surface area contributed by atoms with Gasteiger partial charge in [0, 0.05) is 23.1 Å². The van der Waals surface area contributed by atoms with Crippen LogP contribution in [0.1, 0.15) is 23.6 Å². The van der Waals surface area contributed by atoms with E-state index >= 15 is 0 Å². The molecule has 160 valence electrons. The number of fused-ring (bicyclic) bond motifs is 3. The Kier molecular flexibility index (Phi) is 5.11. The number of pyridine rings is 1. The molecule has 1 N–H and O–H groups in total. The number of hydrogen-bond acceptors (Lipinski definition) is 4. The largest absolute Gasteiger partial charge is 0.326 e. The van der Waals surface area contributed by atoms with E-state index in [1.807, 2.05) is 54.0 Å². The van der Waals surface area contributed by atoms with Crippen molar-refractivity contribution in [2.24, 2.45) is 0 Å². The van der Waals surface area contributed by atoms with Crippen molar-refractivity contribution in [3.63, 3.8) is 0 Å². The van der Waals surface area contributed by atoms with Gasteiger partial charge in [-0.2, -0.15) is 0 Å². The first-order chi connectivity index (χ1) is 15.5. The van der Waals surface area contributed by atoms with E-state index < -0.39 is 6.04 Å². The minimum atomic E-state index is -0.685. The molecule has 0 saturated carbocycles. The highest BCUT2D eigenvalue weighted by atomic mass is 35.5. The summed E-state index contributed by atoms with van der Waals surface area (Å²) in [4.78, 5) is 36.7. The van der Waals surface area contributed by atoms with Crippen LogP contribution >= 0.6 is 11.6 Å². The Morgan fingerprint density at radius 1 is 1.16 bits per heavy atom. The van der Waals surface area contributed by atoms with Crippen molar-refractivity contribution in [1.82, 2.24) is 14.5 Å². The predicted molar refractivity (Wildman–Crippen MR) is 124 cm³/mol. The molecule has 0 unspecified atom stereocenters. The monoisotopic (exact) mass is 445 g/mol. The van der Waals surface area contributed by atoms with Crippen LogP contribution in [0.25, 0.3) is 11.0 Å². The minimum Gasteiger partial charge on any atom is -0.326 e. The van der Waals surface area contributed by atoms with Crippen LogP contribution in [0.4, 0.5) is 11.6 Å². The number of nitrogens with one attached hydrogen (secondary N) is 1. The third-order valence-corrected chi connectivity index (χ3v) is 5.99. The molecule has 7 nitrogen and oxygen atoms in total. The summed E-state index contributed by atoms with van der Waals surface area (Å²) in [6.07, 6.45) is 3.40. The number of carbonyl (C=O) groups excluding carboxylic acids is 2. The maximum Gasteiger partial charge on any atom is 0.253 e. The second-order valence-corrected chi connectivity index (χ2v) is 8.20. The molecule has 2 amide bonds. The summed E-state index contributed by atoms with van der Waals surface area (Å²) in [6, 6.07) is 16.0. The van der Waals surface area contributed by atoms with E-state index in [1.54, 1.807) is 29.4 Å². The average Bonchev–Trinajstić information content (AvgIpc) is 3.28. The fourth-order valence-corrected chi connectivity index (χ4v) is 4.16. The van der Waals surface area contributed by atoms with Crippen molar-refractivity contribution < 1.29 is 9.59 Å². The highest BCUT2D eigenvalue weighted by Crippen LogP contribution is 2.37. The summed E-state index contributed by atoms with van der Waals surface area (Å²) in [5.74, 6) is 0.102. The zero-order valence-electron chi connectivity index (χ0n) is 17.3. The van der Waals surface area contributed by atoms with Crippen molar-refractivity contribution >= 4 is 46.1 Å². The first-order valence-corrected chi connectivity index (χ1v) is 10.6. The summed E-state index contributed by atoms with van der Waals surface area (Å²) in [5.41, 5.74) is 4.01. The van der Waals surface area contributed by atoms with Gasteiger partial charge in [0.2, 0.25) is 11.9 Å². The smallest absolute Gasteiger partial charge is 0.253 e. The molecule has 4 aromatic rings. The number of imidazole rings is 1. The third-order valence-electron chi connectivity index (χ3n) is 5.58. The molecule has 0 aliphatic carbocycles. The molecule has 8 heteroatoms. The number of amides is 2. The predicted octanol–water partition coefficient (Wildman–Crippen LogP) is 4.51. The molecule has 2 aromatic heterocycles. The van der Waals surface area contributed by atoms with Crippen LogP contribution in [0.3, 0.4) is 0 Å². The van der Waals surface area contributed by atoms with Gasteiger partial charge < -0.3 is 5.32 Å². The van der Waals surface area contributed by atoms with Gasteiger partial charge in [-0.1, -0.05) is 35.9 Å².